The predicted octanol–water partition coefficient (Wildman–Crippen LogP) is 4.97. The zero-order chi connectivity index (χ0) is 31.4. The summed E-state index contributed by atoms with van der Waals surface area (Å²) in [5.41, 5.74) is -0.215. The third-order valence-electron chi connectivity index (χ3n) is 6.37. The molecule has 2 unspecified atom stereocenters. The molecule has 2 rings (SSSR count). The molecule has 0 radical (unpaired) electrons. The molecule has 0 saturated carbocycles. The van der Waals surface area contributed by atoms with E-state index in [1.807, 2.05) is 0 Å². The average Bonchev–Trinajstić information content (AvgIpc) is 3.05. The Labute approximate surface area is 241 Å². The highest BCUT2D eigenvalue weighted by atomic mass is 19.4. The van der Waals surface area contributed by atoms with E-state index in [1.54, 1.807) is 19.9 Å². The van der Waals surface area contributed by atoms with Gasteiger partial charge >= 0.3 is 12.1 Å². The number of nitrogens with one attached hydrogen (secondary N) is 2. The molecule has 3 N–H and O–H groups in total. The Morgan fingerprint density at radius 1 is 1.19 bits per heavy atom. The number of halogens is 3. The number of carbonyl (C=O) groups excluding carboxylic acids is 2. The van der Waals surface area contributed by atoms with E-state index in [1.165, 1.54) is 35.4 Å². The van der Waals surface area contributed by atoms with Crippen LogP contribution in [0.15, 0.2) is 94.0 Å². The third kappa shape index (κ3) is 9.39. The van der Waals surface area contributed by atoms with Crippen molar-refractivity contribution in [2.75, 3.05) is 0 Å². The minimum absolute atomic E-state index is 0.0524. The Balaban J connectivity index is 2.28. The normalized spacial score (nSPS) is 20.0. The van der Waals surface area contributed by atoms with Gasteiger partial charge in [-0.2, -0.15) is 23.2 Å². The number of nitrogens with zero attached hydrogens (tertiary/aromatic N) is 3. The highest BCUT2D eigenvalue weighted by molar-refractivity contribution is 6.00. The number of rotatable bonds is 11. The van der Waals surface area contributed by atoms with Crippen molar-refractivity contribution in [2.45, 2.75) is 57.9 Å². The molecule has 0 bridgehead atoms. The molecule has 1 aliphatic rings. The first-order valence-electron chi connectivity index (χ1n) is 12.8. The molecule has 2 amide bonds. The lowest BCUT2D eigenvalue weighted by Crippen LogP contribution is -2.44. The van der Waals surface area contributed by atoms with E-state index >= 15 is 0 Å². The fourth-order valence-corrected chi connectivity index (χ4v) is 3.92. The maximum absolute atomic E-state index is 13.5. The van der Waals surface area contributed by atoms with E-state index in [0.29, 0.717) is 11.3 Å². The Bertz CT molecular complexity index is 1330. The van der Waals surface area contributed by atoms with Gasteiger partial charge in [0.05, 0.1) is 17.2 Å². The van der Waals surface area contributed by atoms with Crippen molar-refractivity contribution in [2.24, 2.45) is 10.3 Å². The van der Waals surface area contributed by atoms with Gasteiger partial charge in [0.1, 0.15) is 11.7 Å². The Hall–Kier alpha value is -4.81. The molecule has 42 heavy (non-hydrogen) atoms. The van der Waals surface area contributed by atoms with Crippen molar-refractivity contribution in [1.82, 2.24) is 15.6 Å². The van der Waals surface area contributed by atoms with Crippen LogP contribution < -0.4 is 10.6 Å². The molecule has 0 heterocycles. The standard InChI is InChI=1S/C29H32F3N5O5/c1-5-19(3)37(33-4)25(16-18(2)26(38)34-17-20-12-14-22(15-13-20)29(30,31)32)27(39)35-23-10-6-8-21(28(40)41)9-7-11-24(23)36-42/h5-6,8-9,12-16,23-24H,2,4,7,10-11,17H2,1,3H3,(H,34,38)(H,35,39)(H,40,41)/b8-6-,19-5-,21-9+,25-16-. The highest BCUT2D eigenvalue weighted by Gasteiger charge is 2.30. The number of benzene rings is 1. The molecule has 1 aliphatic carbocycles. The summed E-state index contributed by atoms with van der Waals surface area (Å²) in [6, 6.07) is 2.58. The van der Waals surface area contributed by atoms with Crippen LogP contribution in [0.1, 0.15) is 44.2 Å². The molecule has 13 heteroatoms. The summed E-state index contributed by atoms with van der Waals surface area (Å²) in [6.07, 6.45) is 3.21. The number of nitroso groups, excluding NO2 is 1. The second-order valence-corrected chi connectivity index (χ2v) is 9.25. The van der Waals surface area contributed by atoms with Gasteiger partial charge in [0.25, 0.3) is 11.8 Å². The number of carboxylic acid groups (broad SMARTS) is 1. The summed E-state index contributed by atoms with van der Waals surface area (Å²) in [5.74, 6) is -2.57. The van der Waals surface area contributed by atoms with E-state index in [2.05, 4.69) is 34.2 Å². The van der Waals surface area contributed by atoms with E-state index in [-0.39, 0.29) is 42.7 Å². The fraction of sp³-hybridized carbons (Fsp3) is 0.310. The van der Waals surface area contributed by atoms with Gasteiger partial charge in [0.2, 0.25) is 0 Å². The van der Waals surface area contributed by atoms with Crippen molar-refractivity contribution < 1.29 is 32.7 Å². The number of alkyl halides is 3. The van der Waals surface area contributed by atoms with Crippen LogP contribution in [-0.4, -0.2) is 46.7 Å². The number of aliphatic carboxylic acids is 1. The number of hydrogen-bond donors (Lipinski definition) is 3. The molecule has 0 aliphatic heterocycles. The smallest absolute Gasteiger partial charge is 0.416 e. The highest BCUT2D eigenvalue weighted by Crippen LogP contribution is 2.29. The third-order valence-corrected chi connectivity index (χ3v) is 6.37. The monoisotopic (exact) mass is 587 g/mol. The number of hydrogen-bond acceptors (Lipinski definition) is 7. The van der Waals surface area contributed by atoms with Crippen LogP contribution in [0.3, 0.4) is 0 Å². The number of allylic oxidation sites excluding steroid dienone is 3. The van der Waals surface area contributed by atoms with Crippen molar-refractivity contribution in [3.05, 3.63) is 99.8 Å². The van der Waals surface area contributed by atoms with Gasteiger partial charge in [-0.05, 0) is 56.9 Å². The molecule has 1 aromatic rings. The van der Waals surface area contributed by atoms with Gasteiger partial charge in [-0.25, -0.2) is 9.80 Å². The zero-order valence-electron chi connectivity index (χ0n) is 23.1. The average molecular weight is 588 g/mol. The summed E-state index contributed by atoms with van der Waals surface area (Å²) >= 11 is 0. The second kappa shape index (κ2) is 15.3. The summed E-state index contributed by atoms with van der Waals surface area (Å²) in [7, 11) is 0. The van der Waals surface area contributed by atoms with E-state index in [9.17, 15) is 37.6 Å². The van der Waals surface area contributed by atoms with Crippen molar-refractivity contribution in [3.63, 3.8) is 0 Å². The van der Waals surface area contributed by atoms with E-state index < -0.39 is 41.6 Å². The lowest BCUT2D eigenvalue weighted by atomic mass is 10.0. The Morgan fingerprint density at radius 3 is 2.40 bits per heavy atom. The first kappa shape index (κ1) is 33.4. The van der Waals surface area contributed by atoms with Crippen molar-refractivity contribution in [3.8, 4) is 0 Å². The molecule has 224 valence electrons. The molecule has 1 aromatic carbocycles. The van der Waals surface area contributed by atoms with Crippen LogP contribution in [0.4, 0.5) is 13.2 Å². The lowest BCUT2D eigenvalue weighted by Gasteiger charge is -2.26. The summed E-state index contributed by atoms with van der Waals surface area (Å²) < 4.78 is 38.4. The number of carbonyl (C=O) groups is 3. The van der Waals surface area contributed by atoms with Crippen molar-refractivity contribution >= 4 is 24.5 Å². The number of hydrazone groups is 1. The lowest BCUT2D eigenvalue weighted by molar-refractivity contribution is -0.137. The van der Waals surface area contributed by atoms with Crippen LogP contribution in [0.5, 0.6) is 0 Å². The molecule has 2 atom stereocenters. The molecule has 0 fully saturated rings. The Kier molecular flexibility index (Phi) is 12.1. The quantitative estimate of drug-likeness (QED) is 0.110. The molecular weight excluding hydrogens is 555 g/mol. The number of amides is 2. The van der Waals surface area contributed by atoms with Gasteiger partial charge in [-0.3, -0.25) is 9.59 Å². The summed E-state index contributed by atoms with van der Waals surface area (Å²) in [5, 5.41) is 22.7. The first-order chi connectivity index (χ1) is 19.8. The largest absolute Gasteiger partial charge is 0.478 e. The molecule has 0 aromatic heterocycles. The van der Waals surface area contributed by atoms with Crippen LogP contribution in [-0.2, 0) is 27.1 Å². The van der Waals surface area contributed by atoms with Gasteiger partial charge in [-0.1, -0.05) is 48.2 Å². The van der Waals surface area contributed by atoms with Gasteiger partial charge in [0, 0.05) is 24.5 Å². The van der Waals surface area contributed by atoms with Crippen molar-refractivity contribution in [1.29, 1.82) is 0 Å². The van der Waals surface area contributed by atoms with Crippen LogP contribution in [0.25, 0.3) is 0 Å². The molecule has 10 nitrogen and oxygen atoms in total. The van der Waals surface area contributed by atoms with E-state index in [4.69, 9.17) is 0 Å². The van der Waals surface area contributed by atoms with Crippen LogP contribution in [0, 0.1) is 4.91 Å². The zero-order valence-corrected chi connectivity index (χ0v) is 23.1. The molecule has 0 saturated heterocycles. The topological polar surface area (TPSA) is 141 Å². The molecule has 0 spiro atoms. The maximum Gasteiger partial charge on any atom is 0.416 e. The SMILES string of the molecule is C=NN(/C(C)=C\C)/C(=C\C(=C)C(=O)NCc1ccc(C(F)(F)F)cc1)C(=O)NC1C/C=C\C(C(=O)O)=C/CCC1N=O. The van der Waals surface area contributed by atoms with Gasteiger partial charge < -0.3 is 15.7 Å². The fourth-order valence-electron chi connectivity index (χ4n) is 3.92. The predicted molar refractivity (Wildman–Crippen MR) is 152 cm³/mol. The van der Waals surface area contributed by atoms with E-state index in [0.717, 1.165) is 18.2 Å². The van der Waals surface area contributed by atoms with Crippen LogP contribution >= 0.6 is 0 Å². The maximum atomic E-state index is 13.5. The van der Waals surface area contributed by atoms with Gasteiger partial charge in [0.15, 0.2) is 0 Å². The van der Waals surface area contributed by atoms with Crippen LogP contribution in [0.2, 0.25) is 0 Å². The molecular formula is C29H32F3N5O5. The second-order valence-electron chi connectivity index (χ2n) is 9.25. The number of carboxylic acids is 1. The summed E-state index contributed by atoms with van der Waals surface area (Å²) in [6.45, 7) is 10.4. The summed E-state index contributed by atoms with van der Waals surface area (Å²) in [4.78, 5) is 49.3. The minimum atomic E-state index is -4.49. The Morgan fingerprint density at radius 2 is 1.86 bits per heavy atom. The first-order valence-corrected chi connectivity index (χ1v) is 12.8. The van der Waals surface area contributed by atoms with Gasteiger partial charge in [-0.15, -0.1) is 0 Å². The minimum Gasteiger partial charge on any atom is -0.478 e.